The number of carbonyl (C=O) groups excluding carboxylic acids is 2. The molecule has 23 heavy (non-hydrogen) atoms. The van der Waals surface area contributed by atoms with Crippen molar-refractivity contribution < 1.29 is 9.59 Å². The van der Waals surface area contributed by atoms with Crippen LogP contribution in [0.15, 0.2) is 24.3 Å². The summed E-state index contributed by atoms with van der Waals surface area (Å²) in [6, 6.07) is 7.63. The van der Waals surface area contributed by atoms with Crippen molar-refractivity contribution in [1.82, 2.24) is 5.32 Å². The lowest BCUT2D eigenvalue weighted by Gasteiger charge is -2.21. The van der Waals surface area contributed by atoms with Gasteiger partial charge >= 0.3 is 0 Å². The average molecular weight is 312 g/mol. The first kappa shape index (κ1) is 14.7. The Morgan fingerprint density at radius 1 is 1.04 bits per heavy atom. The molecule has 1 aromatic carbocycles. The normalized spacial score (nSPS) is 28.6. The van der Waals surface area contributed by atoms with E-state index in [1.165, 1.54) is 25.7 Å². The molecule has 2 amide bonds. The SMILES string of the molecule is O=C(C[C@H]1C[C@H]2CC[C@@H]1C2)Nc1ccccc1C(=O)NC1CC1. The van der Waals surface area contributed by atoms with Crippen LogP contribution in [0.3, 0.4) is 0 Å². The lowest BCUT2D eigenvalue weighted by Crippen LogP contribution is -2.27. The zero-order chi connectivity index (χ0) is 15.8. The van der Waals surface area contributed by atoms with Gasteiger partial charge in [0.1, 0.15) is 0 Å². The molecule has 0 aliphatic heterocycles. The first-order chi connectivity index (χ1) is 11.2. The minimum Gasteiger partial charge on any atom is -0.349 e. The number of benzene rings is 1. The van der Waals surface area contributed by atoms with Crippen LogP contribution >= 0.6 is 0 Å². The molecule has 4 heteroatoms. The Morgan fingerprint density at radius 2 is 1.87 bits per heavy atom. The van der Waals surface area contributed by atoms with Gasteiger partial charge < -0.3 is 10.6 Å². The van der Waals surface area contributed by atoms with Crippen molar-refractivity contribution in [2.75, 3.05) is 5.32 Å². The van der Waals surface area contributed by atoms with E-state index < -0.39 is 0 Å². The predicted octanol–water partition coefficient (Wildman–Crippen LogP) is 3.34. The van der Waals surface area contributed by atoms with Crippen molar-refractivity contribution in [2.45, 2.75) is 51.0 Å². The maximum absolute atomic E-state index is 12.4. The lowest BCUT2D eigenvalue weighted by molar-refractivity contribution is -0.117. The number of carbonyl (C=O) groups is 2. The Kier molecular flexibility index (Phi) is 3.83. The quantitative estimate of drug-likeness (QED) is 0.876. The van der Waals surface area contributed by atoms with Gasteiger partial charge in [-0.3, -0.25) is 9.59 Å². The summed E-state index contributed by atoms with van der Waals surface area (Å²) >= 11 is 0. The number of fused-ring (bicyclic) bond motifs is 2. The highest BCUT2D eigenvalue weighted by Gasteiger charge is 2.40. The fraction of sp³-hybridized carbons (Fsp3) is 0.579. The molecule has 1 aromatic rings. The Balaban J connectivity index is 1.39. The van der Waals surface area contributed by atoms with Gasteiger partial charge in [0.05, 0.1) is 11.3 Å². The molecule has 0 radical (unpaired) electrons. The van der Waals surface area contributed by atoms with E-state index in [9.17, 15) is 9.59 Å². The maximum Gasteiger partial charge on any atom is 0.253 e. The van der Waals surface area contributed by atoms with Gasteiger partial charge in [0, 0.05) is 12.5 Å². The molecule has 2 N–H and O–H groups in total. The van der Waals surface area contributed by atoms with Gasteiger partial charge in [0.25, 0.3) is 5.91 Å². The number of nitrogens with one attached hydrogen (secondary N) is 2. The predicted molar refractivity (Wildman–Crippen MR) is 89.1 cm³/mol. The van der Waals surface area contributed by atoms with Crippen LogP contribution in [0.5, 0.6) is 0 Å². The van der Waals surface area contributed by atoms with E-state index in [2.05, 4.69) is 10.6 Å². The fourth-order valence-corrected chi connectivity index (χ4v) is 4.35. The minimum absolute atomic E-state index is 0.0502. The Bertz CT molecular complexity index is 624. The van der Waals surface area contributed by atoms with Crippen LogP contribution in [-0.4, -0.2) is 17.9 Å². The second-order valence-electron chi connectivity index (χ2n) is 7.48. The minimum atomic E-state index is -0.0803. The summed E-state index contributed by atoms with van der Waals surface area (Å²) in [5.41, 5.74) is 1.21. The Labute approximate surface area is 137 Å². The first-order valence-corrected chi connectivity index (χ1v) is 8.89. The molecule has 3 fully saturated rings. The standard InChI is InChI=1S/C19H24N2O2/c22-18(11-14-10-12-5-6-13(14)9-12)21-17-4-2-1-3-16(17)19(23)20-15-7-8-15/h1-4,12-15H,5-11H2,(H,20,23)(H,21,22)/t12-,13+,14+/m0/s1. The van der Waals surface area contributed by atoms with Gasteiger partial charge in [-0.1, -0.05) is 18.6 Å². The van der Waals surface area contributed by atoms with E-state index in [4.69, 9.17) is 0 Å². The summed E-state index contributed by atoms with van der Waals surface area (Å²) in [5, 5.41) is 5.96. The summed E-state index contributed by atoms with van der Waals surface area (Å²) in [6.07, 6.45) is 7.89. The largest absolute Gasteiger partial charge is 0.349 e. The Hall–Kier alpha value is -1.84. The van der Waals surface area contributed by atoms with Crippen molar-refractivity contribution in [1.29, 1.82) is 0 Å². The zero-order valence-corrected chi connectivity index (χ0v) is 13.4. The number of hydrogen-bond acceptors (Lipinski definition) is 2. The summed E-state index contributed by atoms with van der Waals surface area (Å²) in [4.78, 5) is 24.7. The molecule has 4 rings (SSSR count). The zero-order valence-electron chi connectivity index (χ0n) is 13.4. The van der Waals surface area contributed by atoms with Crippen molar-refractivity contribution in [2.24, 2.45) is 17.8 Å². The van der Waals surface area contributed by atoms with Crippen LogP contribution in [0.1, 0.15) is 55.3 Å². The molecule has 0 unspecified atom stereocenters. The first-order valence-electron chi connectivity index (χ1n) is 8.89. The van der Waals surface area contributed by atoms with Crippen LogP contribution < -0.4 is 10.6 Å². The number of rotatable bonds is 5. The molecule has 3 aliphatic rings. The van der Waals surface area contributed by atoms with E-state index in [0.717, 1.165) is 24.7 Å². The van der Waals surface area contributed by atoms with Crippen molar-refractivity contribution in [3.63, 3.8) is 0 Å². The van der Waals surface area contributed by atoms with Crippen LogP contribution in [0.4, 0.5) is 5.69 Å². The molecule has 3 aliphatic carbocycles. The molecule has 0 aromatic heterocycles. The number of anilines is 1. The molecular weight excluding hydrogens is 288 g/mol. The molecule has 3 saturated carbocycles. The van der Waals surface area contributed by atoms with E-state index >= 15 is 0 Å². The molecule has 0 spiro atoms. The van der Waals surface area contributed by atoms with Gasteiger partial charge in [-0.25, -0.2) is 0 Å². The molecule has 0 heterocycles. The highest BCUT2D eigenvalue weighted by atomic mass is 16.2. The topological polar surface area (TPSA) is 58.2 Å². The molecule has 2 bridgehead atoms. The van der Waals surface area contributed by atoms with E-state index in [1.54, 1.807) is 6.07 Å². The van der Waals surface area contributed by atoms with Gasteiger partial charge in [-0.15, -0.1) is 0 Å². The van der Waals surface area contributed by atoms with Gasteiger partial charge in [-0.2, -0.15) is 0 Å². The van der Waals surface area contributed by atoms with Crippen LogP contribution in [-0.2, 0) is 4.79 Å². The van der Waals surface area contributed by atoms with Crippen LogP contribution in [0, 0.1) is 17.8 Å². The third-order valence-electron chi connectivity index (χ3n) is 5.69. The van der Waals surface area contributed by atoms with Crippen LogP contribution in [0.2, 0.25) is 0 Å². The van der Waals surface area contributed by atoms with Crippen LogP contribution in [0.25, 0.3) is 0 Å². The average Bonchev–Trinajstić information content (AvgIpc) is 3.10. The molecule has 4 nitrogen and oxygen atoms in total. The summed E-state index contributed by atoms with van der Waals surface area (Å²) in [5.74, 6) is 2.12. The summed E-state index contributed by atoms with van der Waals surface area (Å²) in [6.45, 7) is 0. The highest BCUT2D eigenvalue weighted by Crippen LogP contribution is 2.49. The molecular formula is C19H24N2O2. The van der Waals surface area contributed by atoms with E-state index in [1.807, 2.05) is 18.2 Å². The fourth-order valence-electron chi connectivity index (χ4n) is 4.35. The summed E-state index contributed by atoms with van der Waals surface area (Å²) < 4.78 is 0. The van der Waals surface area contributed by atoms with Gasteiger partial charge in [0.2, 0.25) is 5.91 Å². The maximum atomic E-state index is 12.4. The van der Waals surface area contributed by atoms with E-state index in [-0.39, 0.29) is 11.8 Å². The second kappa shape index (κ2) is 5.99. The van der Waals surface area contributed by atoms with Crippen molar-refractivity contribution >= 4 is 17.5 Å². The van der Waals surface area contributed by atoms with E-state index in [0.29, 0.717) is 29.6 Å². The van der Waals surface area contributed by atoms with Gasteiger partial charge in [-0.05, 0) is 62.0 Å². The second-order valence-corrected chi connectivity index (χ2v) is 7.48. The lowest BCUT2D eigenvalue weighted by atomic mass is 9.86. The monoisotopic (exact) mass is 312 g/mol. The number of para-hydroxylation sites is 1. The molecule has 0 saturated heterocycles. The highest BCUT2D eigenvalue weighted by molar-refractivity contribution is 6.03. The van der Waals surface area contributed by atoms with Crippen molar-refractivity contribution in [3.05, 3.63) is 29.8 Å². The number of amides is 2. The Morgan fingerprint density at radius 3 is 2.57 bits per heavy atom. The summed E-state index contributed by atoms with van der Waals surface area (Å²) in [7, 11) is 0. The molecule has 3 atom stereocenters. The van der Waals surface area contributed by atoms with Gasteiger partial charge in [0.15, 0.2) is 0 Å². The third kappa shape index (κ3) is 3.26. The van der Waals surface area contributed by atoms with Crippen molar-refractivity contribution in [3.8, 4) is 0 Å². The molecule has 122 valence electrons. The number of hydrogen-bond donors (Lipinski definition) is 2. The third-order valence-corrected chi connectivity index (χ3v) is 5.69. The smallest absolute Gasteiger partial charge is 0.253 e.